The van der Waals surface area contributed by atoms with E-state index in [9.17, 15) is 5.11 Å². The summed E-state index contributed by atoms with van der Waals surface area (Å²) in [6.45, 7) is 5.90. The lowest BCUT2D eigenvalue weighted by Gasteiger charge is -2.61. The molecule has 154 valence electrons. The van der Waals surface area contributed by atoms with E-state index in [2.05, 4.69) is 13.8 Å². The first-order valence-corrected chi connectivity index (χ1v) is 12.0. The van der Waals surface area contributed by atoms with E-state index in [4.69, 9.17) is 9.47 Å². The summed E-state index contributed by atoms with van der Waals surface area (Å²) in [4.78, 5) is 0. The van der Waals surface area contributed by atoms with Crippen LogP contribution in [0.25, 0.3) is 0 Å². The van der Waals surface area contributed by atoms with Gasteiger partial charge < -0.3 is 14.6 Å². The minimum Gasteiger partial charge on any atom is -0.393 e. The summed E-state index contributed by atoms with van der Waals surface area (Å²) in [6, 6.07) is 0. The molecule has 0 amide bonds. The van der Waals surface area contributed by atoms with E-state index in [1.165, 1.54) is 64.2 Å². The average molecular weight is 377 g/mol. The standard InChI is InChI=1S/C24H40O3/c1-23-12-10-17(27-22-5-3-4-14-26-22)15-16(23)6-7-18-19-8-9-21(25)24(19,2)13-11-20(18)23/h16-22,25H,3-15H2,1-2H3/t16-,17-,18-,19+,20-,21-,22-,23+,24+/m1/s1. The Morgan fingerprint density at radius 2 is 1.67 bits per heavy atom. The molecule has 0 unspecified atom stereocenters. The van der Waals surface area contributed by atoms with Gasteiger partial charge in [-0.25, -0.2) is 0 Å². The molecule has 5 aliphatic rings. The van der Waals surface area contributed by atoms with Crippen LogP contribution in [-0.4, -0.2) is 30.2 Å². The molecule has 9 atom stereocenters. The third-order valence-electron chi connectivity index (χ3n) is 10.0. The number of hydrogen-bond acceptors (Lipinski definition) is 3. The molecule has 0 aromatic heterocycles. The van der Waals surface area contributed by atoms with Crippen LogP contribution in [0.1, 0.15) is 90.9 Å². The lowest BCUT2D eigenvalue weighted by Crippen LogP contribution is -2.54. The smallest absolute Gasteiger partial charge is 0.157 e. The molecule has 3 heteroatoms. The van der Waals surface area contributed by atoms with Gasteiger partial charge in [0.25, 0.3) is 0 Å². The maximum atomic E-state index is 10.6. The van der Waals surface area contributed by atoms with Crippen molar-refractivity contribution in [2.45, 2.75) is 109 Å². The van der Waals surface area contributed by atoms with Gasteiger partial charge in [-0.3, -0.25) is 0 Å². The Kier molecular flexibility index (Phi) is 4.89. The molecular formula is C24H40O3. The topological polar surface area (TPSA) is 38.7 Å². The zero-order chi connectivity index (χ0) is 18.6. The molecule has 0 spiro atoms. The van der Waals surface area contributed by atoms with E-state index < -0.39 is 0 Å². The molecule has 27 heavy (non-hydrogen) atoms. The summed E-state index contributed by atoms with van der Waals surface area (Å²) in [5.41, 5.74) is 0.716. The highest BCUT2D eigenvalue weighted by Crippen LogP contribution is 2.66. The van der Waals surface area contributed by atoms with Crippen molar-refractivity contribution in [3.8, 4) is 0 Å². The number of aliphatic hydroxyl groups excluding tert-OH is 1. The second-order valence-corrected chi connectivity index (χ2v) is 11.1. The van der Waals surface area contributed by atoms with Crippen molar-refractivity contribution >= 4 is 0 Å². The van der Waals surface area contributed by atoms with Gasteiger partial charge in [0, 0.05) is 6.61 Å². The molecule has 0 radical (unpaired) electrons. The van der Waals surface area contributed by atoms with Crippen molar-refractivity contribution in [1.29, 1.82) is 0 Å². The van der Waals surface area contributed by atoms with E-state index in [1.807, 2.05) is 0 Å². The fourth-order valence-electron chi connectivity index (χ4n) is 8.35. The fourth-order valence-corrected chi connectivity index (χ4v) is 8.35. The molecule has 1 heterocycles. The lowest BCUT2D eigenvalue weighted by molar-refractivity contribution is -0.212. The monoisotopic (exact) mass is 376 g/mol. The van der Waals surface area contributed by atoms with Crippen LogP contribution in [0.15, 0.2) is 0 Å². The number of aliphatic hydroxyl groups is 1. The van der Waals surface area contributed by atoms with E-state index in [-0.39, 0.29) is 17.8 Å². The number of rotatable bonds is 2. The zero-order valence-corrected chi connectivity index (χ0v) is 17.5. The van der Waals surface area contributed by atoms with Gasteiger partial charge in [-0.15, -0.1) is 0 Å². The first-order valence-electron chi connectivity index (χ1n) is 12.0. The minimum absolute atomic E-state index is 0.0476. The van der Waals surface area contributed by atoms with Crippen LogP contribution >= 0.6 is 0 Å². The molecule has 5 fully saturated rings. The van der Waals surface area contributed by atoms with Gasteiger partial charge in [-0.1, -0.05) is 13.8 Å². The molecule has 0 aromatic rings. The highest BCUT2D eigenvalue weighted by atomic mass is 16.7. The Balaban J connectivity index is 1.27. The summed E-state index contributed by atoms with van der Waals surface area (Å²) < 4.78 is 12.3. The number of fused-ring (bicyclic) bond motifs is 5. The molecule has 3 nitrogen and oxygen atoms in total. The van der Waals surface area contributed by atoms with Gasteiger partial charge >= 0.3 is 0 Å². The van der Waals surface area contributed by atoms with Crippen LogP contribution in [0.3, 0.4) is 0 Å². The molecule has 1 aliphatic heterocycles. The summed E-state index contributed by atoms with van der Waals surface area (Å²) in [7, 11) is 0. The zero-order valence-electron chi connectivity index (χ0n) is 17.5. The summed E-state index contributed by atoms with van der Waals surface area (Å²) in [6.07, 6.45) is 15.5. The van der Waals surface area contributed by atoms with Crippen LogP contribution in [0.2, 0.25) is 0 Å². The molecular weight excluding hydrogens is 336 g/mol. The fraction of sp³-hybridized carbons (Fsp3) is 1.00. The van der Waals surface area contributed by atoms with Crippen molar-refractivity contribution < 1.29 is 14.6 Å². The van der Waals surface area contributed by atoms with Crippen LogP contribution in [0.4, 0.5) is 0 Å². The van der Waals surface area contributed by atoms with Gasteiger partial charge in [0.1, 0.15) is 0 Å². The second kappa shape index (κ2) is 6.99. The lowest BCUT2D eigenvalue weighted by atomic mass is 9.45. The van der Waals surface area contributed by atoms with E-state index in [0.717, 1.165) is 43.1 Å². The van der Waals surface area contributed by atoms with Gasteiger partial charge in [-0.05, 0) is 112 Å². The third-order valence-corrected chi connectivity index (χ3v) is 10.0. The van der Waals surface area contributed by atoms with Crippen molar-refractivity contribution in [3.05, 3.63) is 0 Å². The average Bonchev–Trinajstić information content (AvgIpc) is 2.98. The predicted molar refractivity (Wildman–Crippen MR) is 106 cm³/mol. The molecule has 4 saturated carbocycles. The Hall–Kier alpha value is -0.120. The summed E-state index contributed by atoms with van der Waals surface area (Å²) in [5.74, 6) is 3.35. The Labute approximate surface area is 165 Å². The van der Waals surface area contributed by atoms with Crippen LogP contribution in [0, 0.1) is 34.5 Å². The highest BCUT2D eigenvalue weighted by Gasteiger charge is 2.60. The predicted octanol–water partition coefficient (Wildman–Crippen LogP) is 5.30. The number of hydrogen-bond donors (Lipinski definition) is 1. The van der Waals surface area contributed by atoms with E-state index in [0.29, 0.717) is 11.5 Å². The molecule has 4 aliphatic carbocycles. The summed E-state index contributed by atoms with van der Waals surface area (Å²) >= 11 is 0. The Morgan fingerprint density at radius 3 is 2.48 bits per heavy atom. The second-order valence-electron chi connectivity index (χ2n) is 11.1. The maximum Gasteiger partial charge on any atom is 0.157 e. The van der Waals surface area contributed by atoms with Crippen LogP contribution in [0.5, 0.6) is 0 Å². The van der Waals surface area contributed by atoms with Crippen molar-refractivity contribution in [2.24, 2.45) is 34.5 Å². The molecule has 5 rings (SSSR count). The van der Waals surface area contributed by atoms with Crippen LogP contribution in [-0.2, 0) is 9.47 Å². The van der Waals surface area contributed by atoms with Crippen molar-refractivity contribution in [3.63, 3.8) is 0 Å². The largest absolute Gasteiger partial charge is 0.393 e. The van der Waals surface area contributed by atoms with Gasteiger partial charge in [0.05, 0.1) is 12.2 Å². The van der Waals surface area contributed by atoms with Gasteiger partial charge in [-0.2, -0.15) is 0 Å². The van der Waals surface area contributed by atoms with Gasteiger partial charge in [0.15, 0.2) is 6.29 Å². The maximum absolute atomic E-state index is 10.6. The first kappa shape index (κ1) is 18.9. The molecule has 0 bridgehead atoms. The van der Waals surface area contributed by atoms with Crippen molar-refractivity contribution in [2.75, 3.05) is 6.61 Å². The molecule has 1 N–H and O–H groups in total. The molecule has 0 aromatic carbocycles. The number of ether oxygens (including phenoxy) is 2. The Morgan fingerprint density at radius 1 is 0.852 bits per heavy atom. The van der Waals surface area contributed by atoms with E-state index >= 15 is 0 Å². The molecule has 1 saturated heterocycles. The van der Waals surface area contributed by atoms with Crippen molar-refractivity contribution in [1.82, 2.24) is 0 Å². The normalized spacial score (nSPS) is 55.4. The first-order chi connectivity index (χ1) is 13.0. The summed E-state index contributed by atoms with van der Waals surface area (Å²) in [5, 5.41) is 10.6. The van der Waals surface area contributed by atoms with E-state index in [1.54, 1.807) is 0 Å². The quantitative estimate of drug-likeness (QED) is 0.665. The third kappa shape index (κ3) is 3.02. The minimum atomic E-state index is -0.0476. The van der Waals surface area contributed by atoms with Gasteiger partial charge in [0.2, 0.25) is 0 Å². The Bertz CT molecular complexity index is 544. The van der Waals surface area contributed by atoms with Crippen LogP contribution < -0.4 is 0 Å². The SMILES string of the molecule is C[C@]12CC[C@@H](O[C@@H]3CCCCO3)C[C@H]1CC[C@H]1[C@H]2CC[C@]2(C)[C@H](O)CC[C@@H]12. The highest BCUT2D eigenvalue weighted by molar-refractivity contribution is 5.09.